The second-order valence-corrected chi connectivity index (χ2v) is 7.76. The van der Waals surface area contributed by atoms with Crippen molar-refractivity contribution in [2.45, 2.75) is 20.4 Å². The molecule has 3 aromatic rings. The molecule has 0 radical (unpaired) electrons. The van der Waals surface area contributed by atoms with Crippen LogP contribution < -0.4 is 15.5 Å². The highest BCUT2D eigenvalue weighted by Gasteiger charge is 2.15. The van der Waals surface area contributed by atoms with Crippen LogP contribution in [-0.2, 0) is 11.3 Å². The summed E-state index contributed by atoms with van der Waals surface area (Å²) in [6, 6.07) is 14.2. The van der Waals surface area contributed by atoms with Crippen molar-refractivity contribution < 1.29 is 13.9 Å². The molecule has 166 valence electrons. The Bertz CT molecular complexity index is 1120. The van der Waals surface area contributed by atoms with Crippen LogP contribution in [-0.4, -0.2) is 42.3 Å². The minimum Gasteiger partial charge on any atom is -0.379 e. The van der Waals surface area contributed by atoms with Gasteiger partial charge in [0.05, 0.1) is 18.9 Å². The van der Waals surface area contributed by atoms with Gasteiger partial charge in [-0.05, 0) is 48.4 Å². The normalized spacial score (nSPS) is 13.7. The van der Waals surface area contributed by atoms with E-state index in [0.29, 0.717) is 18.1 Å². The quantitative estimate of drug-likeness (QED) is 0.535. The standard InChI is InChI=1S/C24H26FN5O2/c1-16-12-20(6-7-22(16)30-8-10-32-11-9-30)27-23-14-21(24(17(2)31)29-28-23)26-15-18-4-3-5-19(25)13-18/h3-7,12-14H,8-11,15H2,1-2H3,(H2,26,27,28). The van der Waals surface area contributed by atoms with Crippen LogP contribution in [0.2, 0.25) is 0 Å². The first-order valence-corrected chi connectivity index (χ1v) is 10.6. The topological polar surface area (TPSA) is 79.4 Å². The van der Waals surface area contributed by atoms with E-state index in [0.717, 1.165) is 43.1 Å². The van der Waals surface area contributed by atoms with E-state index >= 15 is 0 Å². The third-order valence-corrected chi connectivity index (χ3v) is 5.32. The van der Waals surface area contributed by atoms with Crippen molar-refractivity contribution in [1.82, 2.24) is 10.2 Å². The molecule has 0 atom stereocenters. The second-order valence-electron chi connectivity index (χ2n) is 7.76. The van der Waals surface area contributed by atoms with Gasteiger partial charge in [0.15, 0.2) is 17.3 Å². The van der Waals surface area contributed by atoms with Gasteiger partial charge in [0.1, 0.15) is 5.82 Å². The summed E-state index contributed by atoms with van der Waals surface area (Å²) in [7, 11) is 0. The summed E-state index contributed by atoms with van der Waals surface area (Å²) < 4.78 is 18.9. The molecule has 4 rings (SSSR count). The van der Waals surface area contributed by atoms with Crippen LogP contribution in [0.25, 0.3) is 0 Å². The Morgan fingerprint density at radius 2 is 1.94 bits per heavy atom. The molecule has 2 aromatic carbocycles. The molecule has 0 aliphatic carbocycles. The van der Waals surface area contributed by atoms with E-state index in [9.17, 15) is 9.18 Å². The summed E-state index contributed by atoms with van der Waals surface area (Å²) in [6.45, 7) is 7.12. The molecule has 8 heteroatoms. The lowest BCUT2D eigenvalue weighted by Crippen LogP contribution is -2.36. The average Bonchev–Trinajstić information content (AvgIpc) is 2.78. The highest BCUT2D eigenvalue weighted by atomic mass is 19.1. The maximum atomic E-state index is 13.5. The van der Waals surface area contributed by atoms with E-state index in [1.807, 2.05) is 12.1 Å². The molecule has 0 bridgehead atoms. The van der Waals surface area contributed by atoms with Crippen LogP contribution in [0.1, 0.15) is 28.5 Å². The van der Waals surface area contributed by atoms with Crippen LogP contribution in [0.3, 0.4) is 0 Å². The van der Waals surface area contributed by atoms with Crippen LogP contribution in [0.5, 0.6) is 0 Å². The number of aromatic nitrogens is 2. The molecule has 1 fully saturated rings. The van der Waals surface area contributed by atoms with Gasteiger partial charge in [-0.3, -0.25) is 4.79 Å². The van der Waals surface area contributed by atoms with Gasteiger partial charge < -0.3 is 20.3 Å². The first kappa shape index (κ1) is 21.7. The lowest BCUT2D eigenvalue weighted by molar-refractivity contribution is 0.101. The zero-order valence-electron chi connectivity index (χ0n) is 18.2. The number of aryl methyl sites for hydroxylation is 1. The van der Waals surface area contributed by atoms with Gasteiger partial charge in [-0.25, -0.2) is 4.39 Å². The molecule has 1 aliphatic heterocycles. The van der Waals surface area contributed by atoms with Crippen molar-refractivity contribution in [2.75, 3.05) is 41.8 Å². The number of carbonyl (C=O) groups is 1. The van der Waals surface area contributed by atoms with Crippen molar-refractivity contribution in [2.24, 2.45) is 0 Å². The Labute approximate surface area is 186 Å². The van der Waals surface area contributed by atoms with Crippen molar-refractivity contribution in [1.29, 1.82) is 0 Å². The predicted octanol–water partition coefficient (Wildman–Crippen LogP) is 4.32. The van der Waals surface area contributed by atoms with Gasteiger partial charge in [0.25, 0.3) is 0 Å². The van der Waals surface area contributed by atoms with E-state index < -0.39 is 0 Å². The van der Waals surface area contributed by atoms with Gasteiger partial charge in [-0.1, -0.05) is 12.1 Å². The lowest BCUT2D eigenvalue weighted by atomic mass is 10.1. The number of nitrogens with one attached hydrogen (secondary N) is 2. The van der Waals surface area contributed by atoms with Crippen molar-refractivity contribution in [3.8, 4) is 0 Å². The highest BCUT2D eigenvalue weighted by Crippen LogP contribution is 2.27. The Hall–Kier alpha value is -3.52. The molecule has 1 aliphatic rings. The van der Waals surface area contributed by atoms with Crippen LogP contribution in [0.15, 0.2) is 48.5 Å². The molecule has 2 N–H and O–H groups in total. The third kappa shape index (κ3) is 5.20. The third-order valence-electron chi connectivity index (χ3n) is 5.32. The molecule has 0 spiro atoms. The predicted molar refractivity (Wildman–Crippen MR) is 123 cm³/mol. The lowest BCUT2D eigenvalue weighted by Gasteiger charge is -2.30. The number of hydrogen-bond donors (Lipinski definition) is 2. The van der Waals surface area contributed by atoms with E-state index in [2.05, 4.69) is 44.8 Å². The van der Waals surface area contributed by atoms with Gasteiger partial charge in [0.2, 0.25) is 0 Å². The molecule has 1 saturated heterocycles. The fraction of sp³-hybridized carbons (Fsp3) is 0.292. The number of ether oxygens (including phenoxy) is 1. The molecule has 7 nitrogen and oxygen atoms in total. The minimum absolute atomic E-state index is 0.198. The molecule has 0 unspecified atom stereocenters. The smallest absolute Gasteiger partial charge is 0.182 e. The molecule has 1 aromatic heterocycles. The Balaban J connectivity index is 1.51. The zero-order chi connectivity index (χ0) is 22.5. The van der Waals surface area contributed by atoms with Gasteiger partial charge in [-0.15, -0.1) is 10.2 Å². The zero-order valence-corrected chi connectivity index (χ0v) is 18.2. The summed E-state index contributed by atoms with van der Waals surface area (Å²) in [5.74, 6) is 0.00830. The van der Waals surface area contributed by atoms with Gasteiger partial charge in [-0.2, -0.15) is 0 Å². The highest BCUT2D eigenvalue weighted by molar-refractivity contribution is 5.97. The van der Waals surface area contributed by atoms with Gasteiger partial charge in [0, 0.05) is 44.0 Å². The number of nitrogens with zero attached hydrogens (tertiary/aromatic N) is 3. The molecular weight excluding hydrogens is 409 g/mol. The number of Topliss-reactive ketones (excluding diaryl/α,β-unsaturated/α-hetero) is 1. The minimum atomic E-state index is -0.304. The summed E-state index contributed by atoms with van der Waals surface area (Å²) in [5, 5.41) is 14.7. The van der Waals surface area contributed by atoms with Crippen LogP contribution >= 0.6 is 0 Å². The fourth-order valence-corrected chi connectivity index (χ4v) is 3.73. The van der Waals surface area contributed by atoms with Crippen molar-refractivity contribution in [3.63, 3.8) is 0 Å². The number of halogens is 1. The number of carbonyl (C=O) groups excluding carboxylic acids is 1. The Kier molecular flexibility index (Phi) is 6.61. The summed E-state index contributed by atoms with van der Waals surface area (Å²) in [6.07, 6.45) is 0. The first-order chi connectivity index (χ1) is 15.5. The number of anilines is 4. The van der Waals surface area contributed by atoms with Crippen molar-refractivity contribution in [3.05, 3.63) is 71.2 Å². The molecule has 0 amide bonds. The van der Waals surface area contributed by atoms with Crippen molar-refractivity contribution >= 4 is 28.7 Å². The van der Waals surface area contributed by atoms with E-state index in [-0.39, 0.29) is 17.3 Å². The molecule has 32 heavy (non-hydrogen) atoms. The number of ketones is 1. The number of benzene rings is 2. The Morgan fingerprint density at radius 3 is 2.66 bits per heavy atom. The number of morpholine rings is 1. The van der Waals surface area contributed by atoms with E-state index in [1.165, 1.54) is 24.7 Å². The second kappa shape index (κ2) is 9.74. The maximum Gasteiger partial charge on any atom is 0.182 e. The summed E-state index contributed by atoms with van der Waals surface area (Å²) in [4.78, 5) is 14.3. The maximum absolute atomic E-state index is 13.5. The van der Waals surface area contributed by atoms with E-state index in [4.69, 9.17) is 4.74 Å². The Morgan fingerprint density at radius 1 is 1.12 bits per heavy atom. The number of rotatable bonds is 7. The number of hydrogen-bond acceptors (Lipinski definition) is 7. The molecular formula is C24H26FN5O2. The van der Waals surface area contributed by atoms with Crippen LogP contribution in [0, 0.1) is 12.7 Å². The first-order valence-electron chi connectivity index (χ1n) is 10.6. The van der Waals surface area contributed by atoms with E-state index in [1.54, 1.807) is 12.1 Å². The van der Waals surface area contributed by atoms with Crippen LogP contribution in [0.4, 0.5) is 27.3 Å². The monoisotopic (exact) mass is 435 g/mol. The summed E-state index contributed by atoms with van der Waals surface area (Å²) >= 11 is 0. The summed E-state index contributed by atoms with van der Waals surface area (Å²) in [5.41, 5.74) is 4.76. The van der Waals surface area contributed by atoms with Gasteiger partial charge >= 0.3 is 0 Å². The SMILES string of the molecule is CC(=O)c1nnc(Nc2ccc(N3CCOCC3)c(C)c2)cc1NCc1cccc(F)c1. The molecule has 0 saturated carbocycles. The fourth-order valence-electron chi connectivity index (χ4n) is 3.73. The largest absolute Gasteiger partial charge is 0.379 e. The molecule has 2 heterocycles. The average molecular weight is 436 g/mol.